The summed E-state index contributed by atoms with van der Waals surface area (Å²) in [6.07, 6.45) is 4.81. The lowest BCUT2D eigenvalue weighted by molar-refractivity contribution is 0.527. The summed E-state index contributed by atoms with van der Waals surface area (Å²) in [4.78, 5) is 7.22. The van der Waals surface area contributed by atoms with Crippen molar-refractivity contribution < 1.29 is 0 Å². The van der Waals surface area contributed by atoms with Gasteiger partial charge in [0.15, 0.2) is 0 Å². The smallest absolute Gasteiger partial charge is 0.245 e. The van der Waals surface area contributed by atoms with E-state index in [0.29, 0.717) is 10.0 Å². The molecular formula is C24H29Cl3N4. The standard InChI is InChI=1S/C24H28Cl2N4.ClH/c1-4-13-29(23(14-18-7-8-18)19-9-5-16(2)6-10-19)24-27-17(3)30(28-24)22-12-11-20(25)15-21(22)26;/h5-6,9-12,15,18,23H,4,7-8,13-14H2,1-3H3;1H/t23-;/m0./s1. The second kappa shape index (κ2) is 10.2. The second-order valence-electron chi connectivity index (χ2n) is 8.27. The van der Waals surface area contributed by atoms with Crippen LogP contribution in [0.2, 0.25) is 10.0 Å². The molecule has 3 aromatic rings. The van der Waals surface area contributed by atoms with Crippen LogP contribution in [0.5, 0.6) is 0 Å². The predicted molar refractivity (Wildman–Crippen MR) is 132 cm³/mol. The van der Waals surface area contributed by atoms with Crippen LogP contribution in [0.1, 0.15) is 55.6 Å². The van der Waals surface area contributed by atoms with Crippen LogP contribution < -0.4 is 4.90 Å². The van der Waals surface area contributed by atoms with E-state index in [1.807, 2.05) is 23.7 Å². The number of aromatic nitrogens is 3. The molecule has 0 saturated heterocycles. The normalized spacial score (nSPS) is 14.2. The minimum atomic E-state index is 0. The Balaban J connectivity index is 0.00000272. The Bertz CT molecular complexity index is 1010. The van der Waals surface area contributed by atoms with Crippen LogP contribution in [0, 0.1) is 19.8 Å². The highest BCUT2D eigenvalue weighted by Crippen LogP contribution is 2.41. The lowest BCUT2D eigenvalue weighted by Gasteiger charge is -2.31. The number of hydrogen-bond acceptors (Lipinski definition) is 3. The lowest BCUT2D eigenvalue weighted by atomic mass is 9.98. The molecule has 0 unspecified atom stereocenters. The number of rotatable bonds is 8. The Kier molecular flexibility index (Phi) is 7.90. The SMILES string of the molecule is CCCN(c1nc(C)n(-c2ccc(Cl)cc2Cl)n1)[C@@H](CC1CC1)c1ccc(C)cc1.Cl. The van der Waals surface area contributed by atoms with Crippen LogP contribution in [0.15, 0.2) is 42.5 Å². The molecule has 0 radical (unpaired) electrons. The van der Waals surface area contributed by atoms with Crippen molar-refractivity contribution in [1.82, 2.24) is 14.8 Å². The van der Waals surface area contributed by atoms with Crippen molar-refractivity contribution in [2.75, 3.05) is 11.4 Å². The van der Waals surface area contributed by atoms with Crippen molar-refractivity contribution >= 4 is 41.6 Å². The molecule has 0 N–H and O–H groups in total. The Morgan fingerprint density at radius 2 is 1.81 bits per heavy atom. The van der Waals surface area contributed by atoms with Crippen LogP contribution in [-0.4, -0.2) is 21.3 Å². The molecular weight excluding hydrogens is 451 g/mol. The molecule has 1 fully saturated rings. The third kappa shape index (κ3) is 5.54. The van der Waals surface area contributed by atoms with E-state index in [2.05, 4.69) is 43.0 Å². The van der Waals surface area contributed by atoms with Gasteiger partial charge in [-0.25, -0.2) is 4.68 Å². The first kappa shape index (κ1) is 23.9. The molecule has 2 aromatic carbocycles. The Morgan fingerprint density at radius 3 is 2.42 bits per heavy atom. The first-order chi connectivity index (χ1) is 14.5. The summed E-state index contributed by atoms with van der Waals surface area (Å²) in [6, 6.07) is 14.6. The van der Waals surface area contributed by atoms with Gasteiger partial charge in [0.25, 0.3) is 0 Å². The first-order valence-corrected chi connectivity index (χ1v) is 11.4. The fourth-order valence-corrected chi connectivity index (χ4v) is 4.40. The molecule has 31 heavy (non-hydrogen) atoms. The van der Waals surface area contributed by atoms with E-state index >= 15 is 0 Å². The summed E-state index contributed by atoms with van der Waals surface area (Å²) in [5, 5.41) is 6.06. The molecule has 0 amide bonds. The van der Waals surface area contributed by atoms with Gasteiger partial charge in [0, 0.05) is 11.6 Å². The molecule has 1 aromatic heterocycles. The zero-order chi connectivity index (χ0) is 21.3. The number of aryl methyl sites for hydroxylation is 2. The molecule has 1 saturated carbocycles. The first-order valence-electron chi connectivity index (χ1n) is 10.7. The summed E-state index contributed by atoms with van der Waals surface area (Å²) in [7, 11) is 0. The van der Waals surface area contributed by atoms with Gasteiger partial charge < -0.3 is 4.90 Å². The highest BCUT2D eigenvalue weighted by atomic mass is 35.5. The number of anilines is 1. The van der Waals surface area contributed by atoms with Crippen molar-refractivity contribution in [2.45, 2.75) is 52.5 Å². The summed E-state index contributed by atoms with van der Waals surface area (Å²) in [5.41, 5.74) is 3.41. The lowest BCUT2D eigenvalue weighted by Crippen LogP contribution is -2.31. The maximum absolute atomic E-state index is 6.45. The maximum Gasteiger partial charge on any atom is 0.245 e. The molecule has 1 atom stereocenters. The summed E-state index contributed by atoms with van der Waals surface area (Å²) in [6.45, 7) is 7.21. The average Bonchev–Trinajstić information content (AvgIpc) is 3.46. The van der Waals surface area contributed by atoms with E-state index in [9.17, 15) is 0 Å². The largest absolute Gasteiger partial charge is 0.332 e. The molecule has 166 valence electrons. The molecule has 0 spiro atoms. The van der Waals surface area contributed by atoms with E-state index in [-0.39, 0.29) is 18.4 Å². The molecule has 1 aliphatic rings. The fourth-order valence-electron chi connectivity index (χ4n) is 3.92. The summed E-state index contributed by atoms with van der Waals surface area (Å²) < 4.78 is 1.82. The minimum absolute atomic E-state index is 0. The van der Waals surface area contributed by atoms with E-state index in [0.717, 1.165) is 42.8 Å². The Morgan fingerprint density at radius 1 is 1.10 bits per heavy atom. The molecule has 1 aliphatic carbocycles. The number of hydrogen-bond donors (Lipinski definition) is 0. The second-order valence-corrected chi connectivity index (χ2v) is 9.11. The third-order valence-corrected chi connectivity index (χ3v) is 6.25. The van der Waals surface area contributed by atoms with Gasteiger partial charge in [-0.05, 0) is 56.4 Å². The molecule has 4 nitrogen and oxygen atoms in total. The van der Waals surface area contributed by atoms with Crippen LogP contribution in [0.25, 0.3) is 5.69 Å². The van der Waals surface area contributed by atoms with Gasteiger partial charge in [-0.15, -0.1) is 17.5 Å². The van der Waals surface area contributed by atoms with Crippen molar-refractivity contribution in [3.63, 3.8) is 0 Å². The van der Waals surface area contributed by atoms with Crippen LogP contribution >= 0.6 is 35.6 Å². The zero-order valence-electron chi connectivity index (χ0n) is 18.2. The highest BCUT2D eigenvalue weighted by Gasteiger charge is 2.31. The molecule has 4 rings (SSSR count). The van der Waals surface area contributed by atoms with Gasteiger partial charge in [0.1, 0.15) is 5.82 Å². The van der Waals surface area contributed by atoms with Gasteiger partial charge in [-0.2, -0.15) is 4.98 Å². The van der Waals surface area contributed by atoms with Crippen molar-refractivity contribution in [1.29, 1.82) is 0 Å². The van der Waals surface area contributed by atoms with Crippen LogP contribution in [-0.2, 0) is 0 Å². The van der Waals surface area contributed by atoms with E-state index in [1.165, 1.54) is 24.0 Å². The summed E-state index contributed by atoms with van der Waals surface area (Å²) in [5.74, 6) is 2.36. The quantitative estimate of drug-likeness (QED) is 0.338. The Hall–Kier alpha value is -1.75. The third-order valence-electron chi connectivity index (χ3n) is 5.71. The maximum atomic E-state index is 6.45. The van der Waals surface area contributed by atoms with Crippen molar-refractivity contribution in [2.24, 2.45) is 5.92 Å². The van der Waals surface area contributed by atoms with E-state index in [1.54, 1.807) is 6.07 Å². The fraction of sp³-hybridized carbons (Fsp3) is 0.417. The number of benzene rings is 2. The molecule has 1 heterocycles. The Labute approximate surface area is 201 Å². The zero-order valence-corrected chi connectivity index (χ0v) is 20.5. The van der Waals surface area contributed by atoms with Crippen molar-refractivity contribution in [3.05, 3.63) is 69.5 Å². The van der Waals surface area contributed by atoms with Gasteiger partial charge in [0.2, 0.25) is 5.95 Å². The molecule has 7 heteroatoms. The van der Waals surface area contributed by atoms with Gasteiger partial charge in [-0.3, -0.25) is 0 Å². The average molecular weight is 480 g/mol. The van der Waals surface area contributed by atoms with Gasteiger partial charge >= 0.3 is 0 Å². The van der Waals surface area contributed by atoms with Crippen molar-refractivity contribution in [3.8, 4) is 5.69 Å². The van der Waals surface area contributed by atoms with E-state index in [4.69, 9.17) is 33.3 Å². The topological polar surface area (TPSA) is 34.0 Å². The number of nitrogens with zero attached hydrogens (tertiary/aromatic N) is 4. The van der Waals surface area contributed by atoms with Crippen LogP contribution in [0.4, 0.5) is 5.95 Å². The monoisotopic (exact) mass is 478 g/mol. The number of halogens is 3. The van der Waals surface area contributed by atoms with Gasteiger partial charge in [-0.1, -0.05) is 72.8 Å². The molecule has 0 aliphatic heterocycles. The summed E-state index contributed by atoms with van der Waals surface area (Å²) >= 11 is 12.5. The van der Waals surface area contributed by atoms with Gasteiger partial charge in [0.05, 0.1) is 16.8 Å². The highest BCUT2D eigenvalue weighted by molar-refractivity contribution is 6.35. The minimum Gasteiger partial charge on any atom is -0.332 e. The van der Waals surface area contributed by atoms with E-state index < -0.39 is 0 Å². The predicted octanol–water partition coefficient (Wildman–Crippen LogP) is 7.37. The van der Waals surface area contributed by atoms with Crippen LogP contribution in [0.3, 0.4) is 0 Å². The molecule has 0 bridgehead atoms.